The van der Waals surface area contributed by atoms with Gasteiger partial charge in [0.05, 0.1) is 23.5 Å². The molecule has 0 aliphatic heterocycles. The summed E-state index contributed by atoms with van der Waals surface area (Å²) in [6.45, 7) is 3.60. The van der Waals surface area contributed by atoms with E-state index in [1.54, 1.807) is 33.0 Å². The summed E-state index contributed by atoms with van der Waals surface area (Å²) in [5.74, 6) is -0.998. The van der Waals surface area contributed by atoms with Crippen molar-refractivity contribution in [1.82, 2.24) is 10.0 Å². The molecule has 2 aromatic rings. The number of rotatable bonds is 5. The zero-order chi connectivity index (χ0) is 17.9. The zero-order valence-electron chi connectivity index (χ0n) is 13.4. The average molecular weight is 445 g/mol. The minimum absolute atomic E-state index is 0.178. The fraction of sp³-hybridized carbons (Fsp3) is 0.250. The lowest BCUT2D eigenvalue weighted by Crippen LogP contribution is -2.29. The Labute approximate surface area is 152 Å². The number of carbonyl (C=O) groups is 1. The molecule has 1 aromatic carbocycles. The second-order valence-corrected chi connectivity index (χ2v) is 6.32. The number of anilines is 2. The molecule has 0 saturated carbocycles. The summed E-state index contributed by atoms with van der Waals surface area (Å²) in [6.07, 6.45) is 1.39. The number of hydroxylamine groups is 1. The number of halogens is 2. The van der Waals surface area contributed by atoms with Gasteiger partial charge in [0.2, 0.25) is 0 Å². The summed E-state index contributed by atoms with van der Waals surface area (Å²) in [4.78, 5) is 29.4. The van der Waals surface area contributed by atoms with Crippen molar-refractivity contribution in [2.24, 2.45) is 7.05 Å². The highest BCUT2D eigenvalue weighted by molar-refractivity contribution is 14.1. The Morgan fingerprint density at radius 3 is 2.75 bits per heavy atom. The number of nitrogens with one attached hydrogen (secondary N) is 2. The first-order chi connectivity index (χ1) is 11.3. The van der Waals surface area contributed by atoms with E-state index in [-0.39, 0.29) is 22.5 Å². The summed E-state index contributed by atoms with van der Waals surface area (Å²) in [6, 6.07) is 4.64. The largest absolute Gasteiger partial charge is 0.352 e. The molecular formula is C16H17FIN3O3. The maximum Gasteiger partial charge on any atom is 0.278 e. The van der Waals surface area contributed by atoms with Crippen molar-refractivity contribution in [3.05, 3.63) is 55.3 Å². The molecule has 0 atom stereocenters. The van der Waals surface area contributed by atoms with Crippen LogP contribution < -0.4 is 16.4 Å². The number of amides is 1. The Hall–Kier alpha value is -1.94. The number of aromatic nitrogens is 1. The molecular weight excluding hydrogens is 428 g/mol. The lowest BCUT2D eigenvalue weighted by molar-refractivity contribution is 0.0364. The molecule has 0 aliphatic rings. The summed E-state index contributed by atoms with van der Waals surface area (Å²) in [5.41, 5.74) is 2.91. The normalized spacial score (nSPS) is 10.5. The van der Waals surface area contributed by atoms with Gasteiger partial charge in [-0.2, -0.15) is 0 Å². The fourth-order valence-corrected chi connectivity index (χ4v) is 2.59. The summed E-state index contributed by atoms with van der Waals surface area (Å²) in [7, 11) is 1.54. The topological polar surface area (TPSA) is 72.4 Å². The number of hydrogen-bond acceptors (Lipinski definition) is 4. The van der Waals surface area contributed by atoms with E-state index in [4.69, 9.17) is 4.84 Å². The van der Waals surface area contributed by atoms with Crippen molar-refractivity contribution in [2.45, 2.75) is 13.8 Å². The first-order valence-electron chi connectivity index (χ1n) is 7.19. The first kappa shape index (κ1) is 18.4. The van der Waals surface area contributed by atoms with Crippen LogP contribution in [0.2, 0.25) is 0 Å². The molecule has 1 aromatic heterocycles. The smallest absolute Gasteiger partial charge is 0.278 e. The van der Waals surface area contributed by atoms with Crippen LogP contribution in [0.4, 0.5) is 15.8 Å². The molecule has 0 saturated heterocycles. The van der Waals surface area contributed by atoms with E-state index in [2.05, 4.69) is 10.8 Å². The van der Waals surface area contributed by atoms with Crippen molar-refractivity contribution in [1.29, 1.82) is 0 Å². The van der Waals surface area contributed by atoms with Gasteiger partial charge < -0.3 is 9.88 Å². The number of carbonyl (C=O) groups excluding carboxylic acids is 1. The molecule has 0 radical (unpaired) electrons. The number of aryl methyl sites for hydroxylation is 1. The Bertz CT molecular complexity index is 836. The van der Waals surface area contributed by atoms with E-state index in [1.807, 2.05) is 22.6 Å². The van der Waals surface area contributed by atoms with Crippen LogP contribution in [0.25, 0.3) is 0 Å². The third-order valence-electron chi connectivity index (χ3n) is 3.35. The molecule has 8 heteroatoms. The second kappa shape index (κ2) is 7.75. The lowest BCUT2D eigenvalue weighted by atomic mass is 10.1. The van der Waals surface area contributed by atoms with Gasteiger partial charge in [-0.3, -0.25) is 14.4 Å². The summed E-state index contributed by atoms with van der Waals surface area (Å²) < 4.78 is 16.1. The monoisotopic (exact) mass is 445 g/mol. The van der Waals surface area contributed by atoms with E-state index < -0.39 is 11.7 Å². The maximum absolute atomic E-state index is 14.1. The van der Waals surface area contributed by atoms with Crippen LogP contribution in [0, 0.1) is 16.3 Å². The third kappa shape index (κ3) is 3.93. The molecule has 0 fully saturated rings. The van der Waals surface area contributed by atoms with Crippen LogP contribution in [-0.4, -0.2) is 17.1 Å². The van der Waals surface area contributed by atoms with Crippen molar-refractivity contribution in [2.75, 3.05) is 11.9 Å². The van der Waals surface area contributed by atoms with Crippen LogP contribution in [0.3, 0.4) is 0 Å². The van der Waals surface area contributed by atoms with Gasteiger partial charge >= 0.3 is 0 Å². The van der Waals surface area contributed by atoms with E-state index in [0.717, 1.165) is 3.57 Å². The summed E-state index contributed by atoms with van der Waals surface area (Å²) in [5, 5.41) is 2.85. The Kier molecular flexibility index (Phi) is 5.94. The lowest BCUT2D eigenvalue weighted by Gasteiger charge is -2.16. The maximum atomic E-state index is 14.1. The summed E-state index contributed by atoms with van der Waals surface area (Å²) >= 11 is 2.00. The van der Waals surface area contributed by atoms with E-state index >= 15 is 0 Å². The van der Waals surface area contributed by atoms with Crippen LogP contribution >= 0.6 is 22.6 Å². The van der Waals surface area contributed by atoms with E-state index in [9.17, 15) is 14.0 Å². The average Bonchev–Trinajstić information content (AvgIpc) is 2.54. The Morgan fingerprint density at radius 2 is 2.12 bits per heavy atom. The molecule has 0 bridgehead atoms. The van der Waals surface area contributed by atoms with Gasteiger partial charge in [-0.25, -0.2) is 9.87 Å². The number of nitrogens with zero attached hydrogens (tertiary/aromatic N) is 1. The third-order valence-corrected chi connectivity index (χ3v) is 4.02. The molecule has 1 amide bonds. The molecule has 2 rings (SSSR count). The molecule has 24 heavy (non-hydrogen) atoms. The fourth-order valence-electron chi connectivity index (χ4n) is 2.14. The van der Waals surface area contributed by atoms with Crippen molar-refractivity contribution < 1.29 is 14.0 Å². The van der Waals surface area contributed by atoms with Crippen LogP contribution in [-0.2, 0) is 11.9 Å². The highest BCUT2D eigenvalue weighted by Gasteiger charge is 2.18. The van der Waals surface area contributed by atoms with Gasteiger partial charge in [0.25, 0.3) is 11.5 Å². The van der Waals surface area contributed by atoms with Crippen molar-refractivity contribution in [3.8, 4) is 0 Å². The highest BCUT2D eigenvalue weighted by Crippen LogP contribution is 2.26. The number of hydrogen-bond donors (Lipinski definition) is 2. The molecule has 0 unspecified atom stereocenters. The quantitative estimate of drug-likeness (QED) is 0.549. The number of pyridine rings is 1. The molecule has 128 valence electrons. The van der Waals surface area contributed by atoms with Crippen LogP contribution in [0.15, 0.2) is 29.2 Å². The highest BCUT2D eigenvalue weighted by atomic mass is 127. The van der Waals surface area contributed by atoms with Crippen molar-refractivity contribution >= 4 is 39.9 Å². The minimum atomic E-state index is -0.524. The SMILES string of the molecule is CCONC(=O)c1cn(C)c(=O)c(C)c1Nc1ccc(I)cc1F. The van der Waals surface area contributed by atoms with Gasteiger partial charge in [0.1, 0.15) is 5.82 Å². The van der Waals surface area contributed by atoms with Gasteiger partial charge in [0.15, 0.2) is 0 Å². The van der Waals surface area contributed by atoms with Gasteiger partial charge in [-0.05, 0) is 54.6 Å². The predicted octanol–water partition coefficient (Wildman–Crippen LogP) is 2.86. The molecule has 0 spiro atoms. The minimum Gasteiger partial charge on any atom is -0.352 e. The molecule has 1 heterocycles. The Morgan fingerprint density at radius 1 is 1.42 bits per heavy atom. The molecule has 0 aliphatic carbocycles. The predicted molar refractivity (Wildman–Crippen MR) is 97.9 cm³/mol. The van der Waals surface area contributed by atoms with Crippen LogP contribution in [0.1, 0.15) is 22.8 Å². The van der Waals surface area contributed by atoms with E-state index in [1.165, 1.54) is 16.8 Å². The van der Waals surface area contributed by atoms with Gasteiger partial charge in [0, 0.05) is 22.4 Å². The zero-order valence-corrected chi connectivity index (χ0v) is 15.6. The molecule has 2 N–H and O–H groups in total. The Balaban J connectivity index is 2.52. The van der Waals surface area contributed by atoms with Gasteiger partial charge in [-0.1, -0.05) is 0 Å². The standard InChI is InChI=1S/C16H17FIN3O3/c1-4-24-20-15(22)11-8-21(3)16(23)9(2)14(11)19-13-6-5-10(18)7-12(13)17/h5-8,19H,4H2,1-3H3,(H,20,22). The van der Waals surface area contributed by atoms with Gasteiger partial charge in [-0.15, -0.1) is 0 Å². The first-order valence-corrected chi connectivity index (χ1v) is 8.27. The number of benzene rings is 1. The van der Waals surface area contributed by atoms with Crippen molar-refractivity contribution in [3.63, 3.8) is 0 Å². The van der Waals surface area contributed by atoms with Crippen LogP contribution in [0.5, 0.6) is 0 Å². The second-order valence-electron chi connectivity index (χ2n) is 5.07. The van der Waals surface area contributed by atoms with E-state index in [0.29, 0.717) is 12.2 Å². The molecule has 6 nitrogen and oxygen atoms in total.